The third-order valence-corrected chi connectivity index (χ3v) is 3.55. The molecule has 0 spiro atoms. The Labute approximate surface area is 121 Å². The molecule has 2 aromatic rings. The molecular formula is C13H18BrN5. The Kier molecular flexibility index (Phi) is 4.31. The van der Waals surface area contributed by atoms with Crippen LogP contribution in [-0.2, 0) is 0 Å². The zero-order valence-electron chi connectivity index (χ0n) is 11.6. The quantitative estimate of drug-likeness (QED) is 0.939. The standard InChI is InChI=1S/C13H18BrN5/c1-8(2)19-13(10(14)6-18-19)12(15-4)11-7-16-9(3)5-17-11/h5-8,12,15H,1-4H3. The van der Waals surface area contributed by atoms with Crippen LogP contribution in [0, 0.1) is 6.92 Å². The fraction of sp³-hybridized carbons (Fsp3) is 0.462. The van der Waals surface area contributed by atoms with Crippen molar-refractivity contribution >= 4 is 15.9 Å². The van der Waals surface area contributed by atoms with Gasteiger partial charge in [-0.15, -0.1) is 0 Å². The number of rotatable bonds is 4. The van der Waals surface area contributed by atoms with Crippen LogP contribution in [0.2, 0.25) is 0 Å². The molecular weight excluding hydrogens is 306 g/mol. The molecule has 2 aromatic heterocycles. The topological polar surface area (TPSA) is 55.6 Å². The monoisotopic (exact) mass is 323 g/mol. The maximum Gasteiger partial charge on any atom is 0.0946 e. The lowest BCUT2D eigenvalue weighted by atomic mass is 10.1. The van der Waals surface area contributed by atoms with E-state index in [-0.39, 0.29) is 12.1 Å². The summed E-state index contributed by atoms with van der Waals surface area (Å²) in [5.41, 5.74) is 2.86. The van der Waals surface area contributed by atoms with E-state index in [1.165, 1.54) is 0 Å². The van der Waals surface area contributed by atoms with E-state index in [4.69, 9.17) is 0 Å². The summed E-state index contributed by atoms with van der Waals surface area (Å²) < 4.78 is 2.97. The van der Waals surface area contributed by atoms with Crippen molar-refractivity contribution in [1.29, 1.82) is 0 Å². The summed E-state index contributed by atoms with van der Waals surface area (Å²) >= 11 is 3.57. The van der Waals surface area contributed by atoms with E-state index in [9.17, 15) is 0 Å². The van der Waals surface area contributed by atoms with Gasteiger partial charge in [-0.3, -0.25) is 14.6 Å². The maximum atomic E-state index is 4.46. The number of nitrogens with one attached hydrogen (secondary N) is 1. The molecule has 0 aliphatic carbocycles. The van der Waals surface area contributed by atoms with Gasteiger partial charge in [-0.1, -0.05) is 0 Å². The van der Waals surface area contributed by atoms with Gasteiger partial charge < -0.3 is 5.32 Å². The summed E-state index contributed by atoms with van der Waals surface area (Å²) in [5.74, 6) is 0. The van der Waals surface area contributed by atoms with Gasteiger partial charge in [-0.05, 0) is 43.7 Å². The molecule has 0 radical (unpaired) electrons. The molecule has 0 aliphatic rings. The first-order valence-electron chi connectivity index (χ1n) is 6.23. The molecule has 0 aromatic carbocycles. The predicted molar refractivity (Wildman–Crippen MR) is 78.0 cm³/mol. The van der Waals surface area contributed by atoms with Crippen molar-refractivity contribution in [2.75, 3.05) is 7.05 Å². The molecule has 0 saturated heterocycles. The molecule has 2 heterocycles. The van der Waals surface area contributed by atoms with Crippen LogP contribution in [0.1, 0.15) is 43.0 Å². The third kappa shape index (κ3) is 2.84. The van der Waals surface area contributed by atoms with Gasteiger partial charge in [0.15, 0.2) is 0 Å². The molecule has 1 N–H and O–H groups in total. The Morgan fingerprint density at radius 2 is 1.95 bits per heavy atom. The Balaban J connectivity index is 2.47. The van der Waals surface area contributed by atoms with Crippen molar-refractivity contribution in [2.24, 2.45) is 0 Å². The van der Waals surface area contributed by atoms with Crippen molar-refractivity contribution < 1.29 is 0 Å². The van der Waals surface area contributed by atoms with Crippen LogP contribution >= 0.6 is 15.9 Å². The van der Waals surface area contributed by atoms with Crippen LogP contribution in [0.3, 0.4) is 0 Å². The summed E-state index contributed by atoms with van der Waals surface area (Å²) in [4.78, 5) is 8.77. The summed E-state index contributed by atoms with van der Waals surface area (Å²) in [6.07, 6.45) is 5.41. The molecule has 1 unspecified atom stereocenters. The van der Waals surface area contributed by atoms with Crippen LogP contribution in [0.25, 0.3) is 0 Å². The number of hydrogen-bond donors (Lipinski definition) is 1. The van der Waals surface area contributed by atoms with Crippen LogP contribution in [0.15, 0.2) is 23.1 Å². The average molecular weight is 324 g/mol. The number of aryl methyl sites for hydroxylation is 1. The minimum absolute atomic E-state index is 0.0348. The van der Waals surface area contributed by atoms with E-state index in [0.29, 0.717) is 0 Å². The normalized spacial score (nSPS) is 12.9. The molecule has 0 fully saturated rings. The fourth-order valence-electron chi connectivity index (χ4n) is 2.01. The first-order chi connectivity index (χ1) is 9.04. The van der Waals surface area contributed by atoms with Gasteiger partial charge in [-0.25, -0.2) is 0 Å². The van der Waals surface area contributed by atoms with Gasteiger partial charge in [-0.2, -0.15) is 5.10 Å². The van der Waals surface area contributed by atoms with Crippen LogP contribution in [0.5, 0.6) is 0 Å². The molecule has 102 valence electrons. The van der Waals surface area contributed by atoms with E-state index >= 15 is 0 Å². The van der Waals surface area contributed by atoms with E-state index in [1.807, 2.05) is 24.9 Å². The molecule has 6 heteroatoms. The van der Waals surface area contributed by atoms with Gasteiger partial charge >= 0.3 is 0 Å². The number of nitrogens with zero attached hydrogens (tertiary/aromatic N) is 4. The summed E-state index contributed by atoms with van der Waals surface area (Å²) in [6.45, 7) is 6.15. The van der Waals surface area contributed by atoms with Gasteiger partial charge in [0.25, 0.3) is 0 Å². The summed E-state index contributed by atoms with van der Waals surface area (Å²) in [7, 11) is 1.91. The van der Waals surface area contributed by atoms with Crippen molar-refractivity contribution in [2.45, 2.75) is 32.9 Å². The highest BCUT2D eigenvalue weighted by molar-refractivity contribution is 9.10. The molecule has 5 nitrogen and oxygen atoms in total. The van der Waals surface area contributed by atoms with Crippen LogP contribution in [-0.4, -0.2) is 26.8 Å². The molecule has 0 amide bonds. The van der Waals surface area contributed by atoms with Crippen molar-refractivity contribution in [3.8, 4) is 0 Å². The van der Waals surface area contributed by atoms with E-state index in [0.717, 1.165) is 21.6 Å². The van der Waals surface area contributed by atoms with Gasteiger partial charge in [0, 0.05) is 12.2 Å². The van der Waals surface area contributed by atoms with E-state index in [2.05, 4.69) is 50.2 Å². The average Bonchev–Trinajstić information content (AvgIpc) is 2.75. The lowest BCUT2D eigenvalue weighted by molar-refractivity contribution is 0.479. The molecule has 1 atom stereocenters. The molecule has 0 saturated carbocycles. The lowest BCUT2D eigenvalue weighted by Gasteiger charge is -2.20. The number of halogens is 1. The van der Waals surface area contributed by atoms with Crippen molar-refractivity contribution in [1.82, 2.24) is 25.1 Å². The summed E-state index contributed by atoms with van der Waals surface area (Å²) in [5, 5.41) is 7.69. The highest BCUT2D eigenvalue weighted by Gasteiger charge is 2.23. The zero-order chi connectivity index (χ0) is 14.0. The smallest absolute Gasteiger partial charge is 0.0946 e. The van der Waals surface area contributed by atoms with Crippen LogP contribution < -0.4 is 5.32 Å². The highest BCUT2D eigenvalue weighted by atomic mass is 79.9. The molecule has 0 bridgehead atoms. The maximum absolute atomic E-state index is 4.46. The summed E-state index contributed by atoms with van der Waals surface area (Å²) in [6, 6.07) is 0.253. The van der Waals surface area contributed by atoms with Gasteiger partial charge in [0.1, 0.15) is 0 Å². The van der Waals surface area contributed by atoms with Crippen LogP contribution in [0.4, 0.5) is 0 Å². The molecule has 0 aliphatic heterocycles. The Morgan fingerprint density at radius 3 is 2.47 bits per heavy atom. The fourth-order valence-corrected chi connectivity index (χ4v) is 2.51. The predicted octanol–water partition coefficient (Wildman–Crippen LogP) is 2.63. The minimum atomic E-state index is -0.0348. The van der Waals surface area contributed by atoms with Gasteiger partial charge in [0.2, 0.25) is 0 Å². The first kappa shape index (κ1) is 14.1. The second-order valence-corrected chi connectivity index (χ2v) is 5.57. The highest BCUT2D eigenvalue weighted by Crippen LogP contribution is 2.29. The molecule has 2 rings (SSSR count). The Hall–Kier alpha value is -1.27. The minimum Gasteiger partial charge on any atom is -0.307 e. The van der Waals surface area contributed by atoms with E-state index < -0.39 is 0 Å². The third-order valence-electron chi connectivity index (χ3n) is 2.93. The zero-order valence-corrected chi connectivity index (χ0v) is 13.1. The lowest BCUT2D eigenvalue weighted by Crippen LogP contribution is -2.24. The van der Waals surface area contributed by atoms with E-state index in [1.54, 1.807) is 12.4 Å². The second-order valence-electron chi connectivity index (χ2n) is 4.72. The van der Waals surface area contributed by atoms with Gasteiger partial charge in [0.05, 0.1) is 40.0 Å². The SMILES string of the molecule is CNC(c1cnc(C)cn1)c1c(Br)cnn1C(C)C. The Morgan fingerprint density at radius 1 is 1.21 bits per heavy atom. The number of aromatic nitrogens is 4. The second kappa shape index (κ2) is 5.79. The van der Waals surface area contributed by atoms with Crippen molar-refractivity contribution in [3.63, 3.8) is 0 Å². The Bertz CT molecular complexity index is 547. The number of hydrogen-bond acceptors (Lipinski definition) is 4. The molecule has 19 heavy (non-hydrogen) atoms. The van der Waals surface area contributed by atoms with Crippen molar-refractivity contribution in [3.05, 3.63) is 40.1 Å². The largest absolute Gasteiger partial charge is 0.307 e. The first-order valence-corrected chi connectivity index (χ1v) is 7.02.